The van der Waals surface area contributed by atoms with Gasteiger partial charge in [0.05, 0.1) is 0 Å². The Morgan fingerprint density at radius 2 is 2.06 bits per heavy atom. The highest BCUT2D eigenvalue weighted by molar-refractivity contribution is 14.1. The van der Waals surface area contributed by atoms with E-state index in [9.17, 15) is 9.90 Å². The number of halogens is 1. The largest absolute Gasteiger partial charge is 0.505 e. The standard InChI is InChI=1S/C13H10INO3/c14-6-8-2-1-3-9(4-8)10-5-11(16)12(13(17)18)15-7-10/h1-5,7,16H,6H2,(H,17,18). The van der Waals surface area contributed by atoms with Gasteiger partial charge in [-0.2, -0.15) is 0 Å². The number of alkyl halides is 1. The zero-order valence-corrected chi connectivity index (χ0v) is 11.5. The zero-order valence-electron chi connectivity index (χ0n) is 9.30. The molecule has 0 fully saturated rings. The third kappa shape index (κ3) is 2.61. The lowest BCUT2D eigenvalue weighted by molar-refractivity contribution is 0.0687. The molecule has 1 aromatic heterocycles. The van der Waals surface area contributed by atoms with Crippen molar-refractivity contribution in [2.45, 2.75) is 4.43 Å². The molecule has 0 aliphatic heterocycles. The molecule has 0 amide bonds. The van der Waals surface area contributed by atoms with Crippen LogP contribution < -0.4 is 0 Å². The number of carboxylic acids is 1. The van der Waals surface area contributed by atoms with E-state index in [0.717, 1.165) is 15.6 Å². The second kappa shape index (κ2) is 5.34. The second-order valence-corrected chi connectivity index (χ2v) is 4.49. The molecule has 0 unspecified atom stereocenters. The van der Waals surface area contributed by atoms with E-state index in [2.05, 4.69) is 27.6 Å². The fraction of sp³-hybridized carbons (Fsp3) is 0.0769. The van der Waals surface area contributed by atoms with E-state index in [-0.39, 0.29) is 11.4 Å². The molecule has 18 heavy (non-hydrogen) atoms. The van der Waals surface area contributed by atoms with E-state index in [0.29, 0.717) is 5.56 Å². The first-order valence-electron chi connectivity index (χ1n) is 5.19. The highest BCUT2D eigenvalue weighted by atomic mass is 127. The molecule has 0 radical (unpaired) electrons. The highest BCUT2D eigenvalue weighted by Crippen LogP contribution is 2.25. The van der Waals surface area contributed by atoms with Gasteiger partial charge in [-0.1, -0.05) is 46.9 Å². The maximum atomic E-state index is 10.7. The van der Waals surface area contributed by atoms with E-state index in [4.69, 9.17) is 5.11 Å². The van der Waals surface area contributed by atoms with Crippen LogP contribution in [0.3, 0.4) is 0 Å². The van der Waals surface area contributed by atoms with Crippen LogP contribution in [-0.2, 0) is 4.43 Å². The quantitative estimate of drug-likeness (QED) is 0.656. The molecular formula is C13H10INO3. The normalized spacial score (nSPS) is 10.3. The molecule has 2 rings (SSSR count). The molecule has 1 aromatic carbocycles. The Morgan fingerprint density at radius 1 is 1.28 bits per heavy atom. The lowest BCUT2D eigenvalue weighted by atomic mass is 10.0. The van der Waals surface area contributed by atoms with Gasteiger partial charge in [-0.25, -0.2) is 9.78 Å². The topological polar surface area (TPSA) is 70.4 Å². The minimum atomic E-state index is -1.24. The number of aromatic nitrogens is 1. The number of rotatable bonds is 3. The molecule has 2 N–H and O–H groups in total. The predicted molar refractivity (Wildman–Crippen MR) is 76.0 cm³/mol. The van der Waals surface area contributed by atoms with Gasteiger partial charge in [-0.15, -0.1) is 0 Å². The first-order chi connectivity index (χ1) is 8.61. The Labute approximate surface area is 117 Å². The summed E-state index contributed by atoms with van der Waals surface area (Å²) in [6.45, 7) is 0. The highest BCUT2D eigenvalue weighted by Gasteiger charge is 2.12. The van der Waals surface area contributed by atoms with Crippen molar-refractivity contribution >= 4 is 28.6 Å². The summed E-state index contributed by atoms with van der Waals surface area (Å²) < 4.78 is 0.887. The minimum absolute atomic E-state index is 0.320. The first kappa shape index (κ1) is 12.8. The van der Waals surface area contributed by atoms with E-state index >= 15 is 0 Å². The van der Waals surface area contributed by atoms with Gasteiger partial charge in [-0.05, 0) is 17.2 Å². The Morgan fingerprint density at radius 3 is 2.67 bits per heavy atom. The number of carboxylic acid groups (broad SMARTS) is 1. The lowest BCUT2D eigenvalue weighted by Crippen LogP contribution is -2.00. The van der Waals surface area contributed by atoms with Crippen molar-refractivity contribution < 1.29 is 15.0 Å². The Hall–Kier alpha value is -1.63. The van der Waals surface area contributed by atoms with Crippen LogP contribution in [0.5, 0.6) is 5.75 Å². The van der Waals surface area contributed by atoms with Crippen LogP contribution in [0.1, 0.15) is 16.1 Å². The summed E-state index contributed by atoms with van der Waals surface area (Å²) in [5.74, 6) is -1.56. The van der Waals surface area contributed by atoms with Crippen LogP contribution in [0.4, 0.5) is 0 Å². The number of pyridine rings is 1. The molecule has 0 aliphatic rings. The summed E-state index contributed by atoms with van der Waals surface area (Å²) in [7, 11) is 0. The maximum Gasteiger partial charge on any atom is 0.358 e. The fourth-order valence-corrected chi connectivity index (χ4v) is 2.08. The van der Waals surface area contributed by atoms with E-state index in [1.54, 1.807) is 0 Å². The number of hydrogen-bond donors (Lipinski definition) is 2. The van der Waals surface area contributed by atoms with Gasteiger partial charge in [0.15, 0.2) is 5.69 Å². The van der Waals surface area contributed by atoms with Gasteiger partial charge >= 0.3 is 5.97 Å². The Balaban J connectivity index is 2.45. The van der Waals surface area contributed by atoms with Gasteiger partial charge in [0.25, 0.3) is 0 Å². The van der Waals surface area contributed by atoms with E-state index in [1.807, 2.05) is 24.3 Å². The minimum Gasteiger partial charge on any atom is -0.505 e. The molecule has 5 heteroatoms. The molecular weight excluding hydrogens is 345 g/mol. The van der Waals surface area contributed by atoms with Crippen LogP contribution in [-0.4, -0.2) is 21.2 Å². The van der Waals surface area contributed by atoms with Crippen LogP contribution in [0.25, 0.3) is 11.1 Å². The predicted octanol–water partition coefficient (Wildman–Crippen LogP) is 3.09. The smallest absolute Gasteiger partial charge is 0.358 e. The summed E-state index contributed by atoms with van der Waals surface area (Å²) in [6, 6.07) is 9.24. The molecule has 0 saturated heterocycles. The number of carbonyl (C=O) groups is 1. The Bertz CT molecular complexity index is 599. The molecule has 0 spiro atoms. The van der Waals surface area contributed by atoms with Crippen molar-refractivity contribution in [3.05, 3.63) is 47.8 Å². The summed E-state index contributed by atoms with van der Waals surface area (Å²) in [6.07, 6.45) is 1.45. The SMILES string of the molecule is O=C(O)c1ncc(-c2cccc(CI)c2)cc1O. The van der Waals surface area contributed by atoms with Crippen molar-refractivity contribution in [3.63, 3.8) is 0 Å². The molecule has 2 aromatic rings. The monoisotopic (exact) mass is 355 g/mol. The van der Waals surface area contributed by atoms with Gasteiger partial charge in [0.2, 0.25) is 0 Å². The van der Waals surface area contributed by atoms with Crippen molar-refractivity contribution in [1.82, 2.24) is 4.98 Å². The first-order valence-corrected chi connectivity index (χ1v) is 6.72. The number of aromatic carboxylic acids is 1. The summed E-state index contributed by atoms with van der Waals surface area (Å²) in [5.41, 5.74) is 2.44. The zero-order chi connectivity index (χ0) is 13.1. The number of aromatic hydroxyl groups is 1. The van der Waals surface area contributed by atoms with Gasteiger partial charge in [-0.3, -0.25) is 0 Å². The third-order valence-corrected chi connectivity index (χ3v) is 3.37. The molecule has 0 saturated carbocycles. The van der Waals surface area contributed by atoms with Crippen LogP contribution in [0.15, 0.2) is 36.5 Å². The maximum absolute atomic E-state index is 10.7. The molecule has 1 heterocycles. The molecule has 92 valence electrons. The fourth-order valence-electron chi connectivity index (χ4n) is 1.61. The third-order valence-electron chi connectivity index (χ3n) is 2.48. The molecule has 0 atom stereocenters. The van der Waals surface area contributed by atoms with Gasteiger partial charge < -0.3 is 10.2 Å². The average Bonchev–Trinajstić information content (AvgIpc) is 2.38. The molecule has 0 aliphatic carbocycles. The van der Waals surface area contributed by atoms with Crippen molar-refractivity contribution in [2.24, 2.45) is 0 Å². The molecule has 4 nitrogen and oxygen atoms in total. The summed E-state index contributed by atoms with van der Waals surface area (Å²) in [5, 5.41) is 18.4. The van der Waals surface area contributed by atoms with E-state index in [1.165, 1.54) is 12.3 Å². The Kier molecular flexibility index (Phi) is 3.81. The van der Waals surface area contributed by atoms with Crippen molar-refractivity contribution in [3.8, 4) is 16.9 Å². The van der Waals surface area contributed by atoms with Crippen LogP contribution in [0, 0.1) is 0 Å². The summed E-state index contributed by atoms with van der Waals surface area (Å²) in [4.78, 5) is 14.5. The second-order valence-electron chi connectivity index (χ2n) is 3.73. The van der Waals surface area contributed by atoms with Crippen LogP contribution in [0.2, 0.25) is 0 Å². The summed E-state index contributed by atoms with van der Waals surface area (Å²) >= 11 is 2.27. The number of nitrogens with zero attached hydrogens (tertiary/aromatic N) is 1. The number of benzene rings is 1. The van der Waals surface area contributed by atoms with Gasteiger partial charge in [0, 0.05) is 16.2 Å². The van der Waals surface area contributed by atoms with E-state index < -0.39 is 5.97 Å². The number of hydrogen-bond acceptors (Lipinski definition) is 3. The van der Waals surface area contributed by atoms with Crippen molar-refractivity contribution in [2.75, 3.05) is 0 Å². The van der Waals surface area contributed by atoms with Crippen molar-refractivity contribution in [1.29, 1.82) is 0 Å². The molecule has 0 bridgehead atoms. The average molecular weight is 355 g/mol. The van der Waals surface area contributed by atoms with Crippen LogP contribution >= 0.6 is 22.6 Å². The van der Waals surface area contributed by atoms with Gasteiger partial charge in [0.1, 0.15) is 5.75 Å². The lowest BCUT2D eigenvalue weighted by Gasteiger charge is -2.05.